The zero-order valence-corrected chi connectivity index (χ0v) is 15.4. The van der Waals surface area contributed by atoms with Gasteiger partial charge in [-0.25, -0.2) is 4.98 Å². The Morgan fingerprint density at radius 1 is 1.46 bits per heavy atom. The number of aromatic amines is 1. The second-order valence-corrected chi connectivity index (χ2v) is 7.44. The lowest BCUT2D eigenvalue weighted by Crippen LogP contribution is -2.34. The molecule has 0 saturated carbocycles. The van der Waals surface area contributed by atoms with E-state index in [0.29, 0.717) is 0 Å². The smallest absolute Gasteiger partial charge is 0.250 e. The van der Waals surface area contributed by atoms with Gasteiger partial charge in [0.25, 0.3) is 0 Å². The third-order valence-corrected chi connectivity index (χ3v) is 5.70. The molecule has 0 bridgehead atoms. The normalized spacial score (nSPS) is 17.6. The third kappa shape index (κ3) is 3.42. The molecule has 1 aliphatic rings. The van der Waals surface area contributed by atoms with Crippen molar-refractivity contribution < 1.29 is 9.53 Å². The number of piperidine rings is 1. The van der Waals surface area contributed by atoms with Crippen LogP contribution in [0.25, 0.3) is 10.2 Å². The van der Waals surface area contributed by atoms with Crippen LogP contribution in [0.2, 0.25) is 0 Å². The molecule has 1 aliphatic heterocycles. The Morgan fingerprint density at radius 2 is 2.35 bits per heavy atom. The number of methoxy groups -OCH3 is 1. The maximum Gasteiger partial charge on any atom is 0.250 e. The van der Waals surface area contributed by atoms with Crippen LogP contribution in [0.3, 0.4) is 0 Å². The van der Waals surface area contributed by atoms with Crippen molar-refractivity contribution in [2.75, 3.05) is 37.0 Å². The number of anilines is 2. The predicted molar refractivity (Wildman–Crippen MR) is 103 cm³/mol. The van der Waals surface area contributed by atoms with Gasteiger partial charge in [0, 0.05) is 26.1 Å². The van der Waals surface area contributed by atoms with Gasteiger partial charge in [-0.1, -0.05) is 23.5 Å². The van der Waals surface area contributed by atoms with Crippen LogP contribution in [0, 0.1) is 0 Å². The molecule has 7 nitrogen and oxygen atoms in total. The Kier molecular flexibility index (Phi) is 4.85. The van der Waals surface area contributed by atoms with E-state index in [1.807, 2.05) is 12.1 Å². The second kappa shape index (κ2) is 7.43. The fraction of sp³-hybridized carbons (Fsp3) is 0.389. The molecular weight excluding hydrogens is 350 g/mol. The van der Waals surface area contributed by atoms with Gasteiger partial charge in [0.05, 0.1) is 27.8 Å². The summed E-state index contributed by atoms with van der Waals surface area (Å²) in [5.74, 6) is 0.102. The summed E-state index contributed by atoms with van der Waals surface area (Å²) in [6.45, 7) is 1.89. The first-order valence-electron chi connectivity index (χ1n) is 8.67. The minimum atomic E-state index is -0.172. The lowest BCUT2D eigenvalue weighted by Gasteiger charge is -2.32. The van der Waals surface area contributed by atoms with Crippen molar-refractivity contribution >= 4 is 38.3 Å². The minimum Gasteiger partial charge on any atom is -0.375 e. The Morgan fingerprint density at radius 3 is 3.19 bits per heavy atom. The summed E-state index contributed by atoms with van der Waals surface area (Å²) in [4.78, 5) is 18.9. The summed E-state index contributed by atoms with van der Waals surface area (Å²) >= 11 is 1.73. The number of nitrogens with zero attached hydrogens (tertiary/aromatic N) is 3. The van der Waals surface area contributed by atoms with Gasteiger partial charge in [0.2, 0.25) is 5.91 Å². The van der Waals surface area contributed by atoms with Crippen molar-refractivity contribution in [3.05, 3.63) is 36.2 Å². The van der Waals surface area contributed by atoms with Gasteiger partial charge < -0.3 is 15.0 Å². The van der Waals surface area contributed by atoms with E-state index >= 15 is 0 Å². The Balaban J connectivity index is 1.52. The van der Waals surface area contributed by atoms with Crippen molar-refractivity contribution in [3.8, 4) is 0 Å². The number of hydrogen-bond donors (Lipinski definition) is 2. The number of ether oxygens (including phenoxy) is 1. The Hall–Kier alpha value is -2.45. The van der Waals surface area contributed by atoms with Gasteiger partial charge in [-0.05, 0) is 25.0 Å². The zero-order chi connectivity index (χ0) is 17.9. The van der Waals surface area contributed by atoms with Crippen molar-refractivity contribution in [3.63, 3.8) is 0 Å². The molecule has 2 aromatic heterocycles. The topological polar surface area (TPSA) is 83.1 Å². The first-order valence-corrected chi connectivity index (χ1v) is 9.49. The van der Waals surface area contributed by atoms with Crippen molar-refractivity contribution in [1.82, 2.24) is 15.2 Å². The quantitative estimate of drug-likeness (QED) is 0.720. The number of nitrogens with one attached hydrogen (secondary N) is 2. The molecule has 0 radical (unpaired) electrons. The third-order valence-electron chi connectivity index (χ3n) is 4.60. The molecule has 1 saturated heterocycles. The number of rotatable bonds is 5. The molecule has 136 valence electrons. The number of H-pyrrole nitrogens is 1. The van der Waals surface area contributed by atoms with Gasteiger partial charge >= 0.3 is 0 Å². The highest BCUT2D eigenvalue weighted by atomic mass is 32.1. The number of thiazole rings is 1. The number of para-hydroxylation sites is 1. The summed E-state index contributed by atoms with van der Waals surface area (Å²) in [6.07, 6.45) is 3.79. The molecule has 0 unspecified atom stereocenters. The van der Waals surface area contributed by atoms with Gasteiger partial charge in [0.1, 0.15) is 6.61 Å². The van der Waals surface area contributed by atoms with E-state index in [0.717, 1.165) is 48.0 Å². The lowest BCUT2D eigenvalue weighted by molar-refractivity contribution is -0.119. The molecule has 3 aromatic rings. The average molecular weight is 371 g/mol. The highest BCUT2D eigenvalue weighted by Crippen LogP contribution is 2.35. The summed E-state index contributed by atoms with van der Waals surface area (Å²) < 4.78 is 6.09. The standard InChI is InChI=1S/C18H21N5O2S/c1-25-11-16(24)20-14-9-19-22-17(14)12-5-4-8-23(10-12)18-21-13-6-2-3-7-15(13)26-18/h2-3,6-7,9,12H,4-5,8,10-11H2,1H3,(H,19,22)(H,20,24)/t12-/m1/s1. The van der Waals surface area contributed by atoms with Gasteiger partial charge in [0.15, 0.2) is 5.13 Å². The van der Waals surface area contributed by atoms with E-state index < -0.39 is 0 Å². The van der Waals surface area contributed by atoms with Crippen LogP contribution in [0.5, 0.6) is 0 Å². The van der Waals surface area contributed by atoms with Gasteiger partial charge in [-0.15, -0.1) is 0 Å². The molecule has 2 N–H and O–H groups in total. The van der Waals surface area contributed by atoms with Crippen molar-refractivity contribution in [2.45, 2.75) is 18.8 Å². The molecule has 26 heavy (non-hydrogen) atoms. The molecule has 1 fully saturated rings. The lowest BCUT2D eigenvalue weighted by atomic mass is 9.94. The number of fused-ring (bicyclic) bond motifs is 1. The minimum absolute atomic E-state index is 0.0348. The zero-order valence-electron chi connectivity index (χ0n) is 14.6. The predicted octanol–water partition coefficient (Wildman–Crippen LogP) is 2.99. The summed E-state index contributed by atoms with van der Waals surface area (Å²) in [7, 11) is 1.51. The molecule has 1 aromatic carbocycles. The number of aromatic nitrogens is 3. The van der Waals surface area contributed by atoms with E-state index in [-0.39, 0.29) is 18.4 Å². The van der Waals surface area contributed by atoms with Crippen LogP contribution in [0.4, 0.5) is 10.8 Å². The first-order chi connectivity index (χ1) is 12.7. The van der Waals surface area contributed by atoms with E-state index in [1.54, 1.807) is 17.5 Å². The number of hydrogen-bond acceptors (Lipinski definition) is 6. The van der Waals surface area contributed by atoms with Crippen LogP contribution in [0.15, 0.2) is 30.5 Å². The summed E-state index contributed by atoms with van der Waals surface area (Å²) in [5.41, 5.74) is 2.76. The molecule has 4 rings (SSSR count). The van der Waals surface area contributed by atoms with E-state index in [1.165, 1.54) is 11.8 Å². The van der Waals surface area contributed by atoms with E-state index in [9.17, 15) is 4.79 Å². The van der Waals surface area contributed by atoms with Crippen LogP contribution >= 0.6 is 11.3 Å². The molecule has 8 heteroatoms. The summed E-state index contributed by atoms with van der Waals surface area (Å²) in [6, 6.07) is 8.22. The highest BCUT2D eigenvalue weighted by Gasteiger charge is 2.27. The number of amides is 1. The van der Waals surface area contributed by atoms with Crippen LogP contribution < -0.4 is 10.2 Å². The maximum absolute atomic E-state index is 11.8. The fourth-order valence-corrected chi connectivity index (χ4v) is 4.41. The van der Waals surface area contributed by atoms with E-state index in [4.69, 9.17) is 9.72 Å². The molecule has 0 spiro atoms. The second-order valence-electron chi connectivity index (χ2n) is 6.43. The fourth-order valence-electron chi connectivity index (χ4n) is 3.41. The average Bonchev–Trinajstić information content (AvgIpc) is 3.28. The maximum atomic E-state index is 11.8. The molecule has 0 aliphatic carbocycles. The van der Waals surface area contributed by atoms with Crippen molar-refractivity contribution in [2.24, 2.45) is 0 Å². The van der Waals surface area contributed by atoms with Crippen LogP contribution in [0.1, 0.15) is 24.5 Å². The Labute approximate surface area is 155 Å². The highest BCUT2D eigenvalue weighted by molar-refractivity contribution is 7.22. The Bertz CT molecular complexity index is 873. The molecule has 1 amide bonds. The van der Waals surface area contributed by atoms with Gasteiger partial charge in [-0.3, -0.25) is 9.89 Å². The molecule has 1 atom stereocenters. The first kappa shape index (κ1) is 17.0. The van der Waals surface area contributed by atoms with Crippen LogP contribution in [-0.2, 0) is 9.53 Å². The van der Waals surface area contributed by atoms with E-state index in [2.05, 4.69) is 32.5 Å². The number of carbonyl (C=O) groups excluding carboxylic acids is 1. The number of carbonyl (C=O) groups is 1. The SMILES string of the molecule is COCC(=O)Nc1cn[nH]c1[C@@H]1CCCN(c2nc3ccccc3s2)C1. The van der Waals surface area contributed by atoms with Crippen LogP contribution in [-0.4, -0.2) is 47.9 Å². The monoisotopic (exact) mass is 371 g/mol. The molecular formula is C18H21N5O2S. The van der Waals surface area contributed by atoms with Crippen molar-refractivity contribution in [1.29, 1.82) is 0 Å². The number of benzene rings is 1. The molecule has 3 heterocycles. The van der Waals surface area contributed by atoms with Gasteiger partial charge in [-0.2, -0.15) is 5.10 Å². The largest absolute Gasteiger partial charge is 0.375 e. The summed E-state index contributed by atoms with van der Waals surface area (Å²) in [5, 5.41) is 11.1.